The highest BCUT2D eigenvalue weighted by molar-refractivity contribution is 7.89. The van der Waals surface area contributed by atoms with Crippen molar-refractivity contribution in [1.29, 1.82) is 0 Å². The Hall–Kier alpha value is -1.13. The second-order valence-corrected chi connectivity index (χ2v) is 10.3. The van der Waals surface area contributed by atoms with E-state index in [1.807, 2.05) is 27.7 Å². The van der Waals surface area contributed by atoms with Crippen LogP contribution in [0.25, 0.3) is 0 Å². The first-order chi connectivity index (χ1) is 12.9. The Labute approximate surface area is 168 Å². The van der Waals surface area contributed by atoms with Gasteiger partial charge in [0.2, 0.25) is 10.0 Å². The van der Waals surface area contributed by atoms with Gasteiger partial charge in [0.05, 0.1) is 24.4 Å². The van der Waals surface area contributed by atoms with Crippen LogP contribution in [-0.4, -0.2) is 51.1 Å². The zero-order chi connectivity index (χ0) is 20.7. The summed E-state index contributed by atoms with van der Waals surface area (Å²) in [5, 5.41) is 9.64. The van der Waals surface area contributed by atoms with E-state index >= 15 is 0 Å². The Balaban J connectivity index is 1.87. The van der Waals surface area contributed by atoms with Gasteiger partial charge in [-0.3, -0.25) is 0 Å². The molecular formula is C19H30BNO6S. The molecule has 0 amide bonds. The van der Waals surface area contributed by atoms with Gasteiger partial charge in [0.25, 0.3) is 0 Å². The number of hydrogen-bond acceptors (Lipinski definition) is 6. The summed E-state index contributed by atoms with van der Waals surface area (Å²) in [6, 6.07) is 4.75. The quantitative estimate of drug-likeness (QED) is 0.715. The topological polar surface area (TPSA) is 94.1 Å². The first-order valence-electron chi connectivity index (χ1n) is 9.69. The number of hydrogen-bond donors (Lipinski definition) is 2. The molecular weight excluding hydrogens is 381 g/mol. The Kier molecular flexibility index (Phi) is 5.86. The molecule has 0 radical (unpaired) electrons. The van der Waals surface area contributed by atoms with Crippen LogP contribution in [0, 0.1) is 0 Å². The summed E-state index contributed by atoms with van der Waals surface area (Å²) in [5.41, 5.74) is -0.408. The highest BCUT2D eigenvalue weighted by Crippen LogP contribution is 2.37. The molecule has 2 aliphatic rings. The molecule has 0 atom stereocenters. The number of methoxy groups -OCH3 is 1. The molecule has 1 aromatic rings. The van der Waals surface area contributed by atoms with Crippen molar-refractivity contribution in [3.8, 4) is 5.75 Å². The SMILES string of the molecule is COc1ccc(B2OC(C)(C)C(C)(C)O2)cc1S(=O)(=O)N[C@H]1CC[C@H](O)CC1. The first kappa shape index (κ1) is 21.6. The van der Waals surface area contributed by atoms with E-state index in [2.05, 4.69) is 4.72 Å². The van der Waals surface area contributed by atoms with Crippen LogP contribution < -0.4 is 14.9 Å². The maximum absolute atomic E-state index is 13.0. The van der Waals surface area contributed by atoms with Gasteiger partial charge in [-0.05, 0) is 71.0 Å². The molecule has 1 aliphatic carbocycles. The fourth-order valence-corrected chi connectivity index (χ4v) is 5.01. The fraction of sp³-hybridized carbons (Fsp3) is 0.684. The minimum Gasteiger partial charge on any atom is -0.495 e. The largest absolute Gasteiger partial charge is 0.495 e. The van der Waals surface area contributed by atoms with Crippen LogP contribution in [0.15, 0.2) is 23.1 Å². The van der Waals surface area contributed by atoms with Gasteiger partial charge >= 0.3 is 7.12 Å². The maximum atomic E-state index is 13.0. The molecule has 0 unspecified atom stereocenters. The third kappa shape index (κ3) is 4.23. The molecule has 28 heavy (non-hydrogen) atoms. The van der Waals surface area contributed by atoms with Gasteiger partial charge in [0.1, 0.15) is 10.6 Å². The van der Waals surface area contributed by atoms with E-state index in [0.29, 0.717) is 31.1 Å². The summed E-state index contributed by atoms with van der Waals surface area (Å²) in [7, 11) is -3.01. The molecule has 1 saturated heterocycles. The van der Waals surface area contributed by atoms with E-state index in [-0.39, 0.29) is 22.8 Å². The van der Waals surface area contributed by atoms with Gasteiger partial charge in [0, 0.05) is 6.04 Å². The third-order valence-electron chi connectivity index (χ3n) is 6.02. The summed E-state index contributed by atoms with van der Waals surface area (Å²) >= 11 is 0. The molecule has 0 spiro atoms. The lowest BCUT2D eigenvalue weighted by Crippen LogP contribution is -2.41. The number of nitrogens with one attached hydrogen (secondary N) is 1. The molecule has 2 fully saturated rings. The van der Waals surface area contributed by atoms with Gasteiger partial charge in [0.15, 0.2) is 0 Å². The van der Waals surface area contributed by atoms with E-state index in [0.717, 1.165) is 0 Å². The summed E-state index contributed by atoms with van der Waals surface area (Å²) in [6.07, 6.45) is 2.07. The molecule has 7 nitrogen and oxygen atoms in total. The van der Waals surface area contributed by atoms with Crippen molar-refractivity contribution in [2.75, 3.05) is 7.11 Å². The van der Waals surface area contributed by atoms with Crippen LogP contribution in [0.3, 0.4) is 0 Å². The van der Waals surface area contributed by atoms with Crippen LogP contribution in [-0.2, 0) is 19.3 Å². The Morgan fingerprint density at radius 3 is 2.21 bits per heavy atom. The van der Waals surface area contributed by atoms with Gasteiger partial charge in [-0.25, -0.2) is 13.1 Å². The third-order valence-corrected chi connectivity index (χ3v) is 7.56. The van der Waals surface area contributed by atoms with Crippen molar-refractivity contribution >= 4 is 22.6 Å². The normalized spacial score (nSPS) is 27.0. The van der Waals surface area contributed by atoms with Crippen molar-refractivity contribution in [3.05, 3.63) is 18.2 Å². The molecule has 1 heterocycles. The minimum atomic E-state index is -3.80. The van der Waals surface area contributed by atoms with Crippen molar-refractivity contribution in [3.63, 3.8) is 0 Å². The smallest absolute Gasteiger partial charge is 0.494 e. The molecule has 0 bridgehead atoms. The number of aliphatic hydroxyl groups is 1. The molecule has 1 saturated carbocycles. The number of ether oxygens (including phenoxy) is 1. The average molecular weight is 411 g/mol. The average Bonchev–Trinajstić information content (AvgIpc) is 2.84. The fourth-order valence-electron chi connectivity index (χ4n) is 3.51. The molecule has 1 aromatic carbocycles. The predicted octanol–water partition coefficient (Wildman–Crippen LogP) is 1.58. The Morgan fingerprint density at radius 2 is 1.68 bits per heavy atom. The standard InChI is InChI=1S/C19H30BNO6S/c1-18(2)19(3,4)27-20(26-18)13-6-11-16(25-5)17(12-13)28(23,24)21-14-7-9-15(22)10-8-14/h6,11-12,14-15,21-22H,7-10H2,1-5H3/t14-,15-. The predicted molar refractivity (Wildman–Crippen MR) is 107 cm³/mol. The summed E-state index contributed by atoms with van der Waals surface area (Å²) in [6.45, 7) is 7.81. The van der Waals surface area contributed by atoms with Crippen LogP contribution in [0.2, 0.25) is 0 Å². The molecule has 156 valence electrons. The summed E-state index contributed by atoms with van der Waals surface area (Å²) in [5.74, 6) is 0.267. The number of benzene rings is 1. The lowest BCUT2D eigenvalue weighted by molar-refractivity contribution is 0.00578. The molecule has 1 aliphatic heterocycles. The van der Waals surface area contributed by atoms with Crippen molar-refractivity contribution in [1.82, 2.24) is 4.72 Å². The highest BCUT2D eigenvalue weighted by Gasteiger charge is 2.52. The van der Waals surface area contributed by atoms with Crippen LogP contribution in [0.4, 0.5) is 0 Å². The van der Waals surface area contributed by atoms with E-state index in [9.17, 15) is 13.5 Å². The highest BCUT2D eigenvalue weighted by atomic mass is 32.2. The summed E-state index contributed by atoms with van der Waals surface area (Å²) < 4.78 is 46.2. The Bertz CT molecular complexity index is 802. The van der Waals surface area contributed by atoms with Crippen molar-refractivity contribution < 1.29 is 27.6 Å². The number of sulfonamides is 1. The van der Waals surface area contributed by atoms with E-state index in [1.54, 1.807) is 18.2 Å². The number of aliphatic hydroxyl groups excluding tert-OH is 1. The zero-order valence-electron chi connectivity index (χ0n) is 17.2. The molecule has 2 N–H and O–H groups in total. The zero-order valence-corrected chi connectivity index (χ0v) is 18.0. The van der Waals surface area contributed by atoms with Crippen LogP contribution in [0.5, 0.6) is 5.75 Å². The van der Waals surface area contributed by atoms with Crippen LogP contribution in [0.1, 0.15) is 53.4 Å². The lowest BCUT2D eigenvalue weighted by Gasteiger charge is -2.32. The summed E-state index contributed by atoms with van der Waals surface area (Å²) in [4.78, 5) is 0.0633. The second kappa shape index (κ2) is 7.61. The minimum absolute atomic E-state index is 0.0633. The monoisotopic (exact) mass is 411 g/mol. The molecule has 9 heteroatoms. The Morgan fingerprint density at radius 1 is 1.11 bits per heavy atom. The first-order valence-corrected chi connectivity index (χ1v) is 11.2. The molecule has 3 rings (SSSR count). The van der Waals surface area contributed by atoms with Crippen molar-refractivity contribution in [2.24, 2.45) is 0 Å². The van der Waals surface area contributed by atoms with E-state index in [4.69, 9.17) is 14.0 Å². The van der Waals surface area contributed by atoms with Gasteiger partial charge < -0.3 is 19.2 Å². The van der Waals surface area contributed by atoms with Crippen LogP contribution >= 0.6 is 0 Å². The lowest BCUT2D eigenvalue weighted by atomic mass is 9.79. The van der Waals surface area contributed by atoms with E-state index < -0.39 is 28.3 Å². The van der Waals surface area contributed by atoms with Gasteiger partial charge in [-0.15, -0.1) is 0 Å². The van der Waals surface area contributed by atoms with E-state index in [1.165, 1.54) is 7.11 Å². The van der Waals surface area contributed by atoms with Gasteiger partial charge in [-0.1, -0.05) is 6.07 Å². The van der Waals surface area contributed by atoms with Gasteiger partial charge in [-0.2, -0.15) is 0 Å². The maximum Gasteiger partial charge on any atom is 0.494 e. The van der Waals surface area contributed by atoms with Crippen molar-refractivity contribution in [2.45, 2.75) is 81.6 Å². The number of rotatable bonds is 5. The molecule has 0 aromatic heterocycles. The second-order valence-electron chi connectivity index (χ2n) is 8.63.